The maximum atomic E-state index is 17.1. The van der Waals surface area contributed by atoms with Gasteiger partial charge >= 0.3 is 0 Å². The first kappa shape index (κ1) is 40.2. The number of pyridine rings is 1. The fourth-order valence-electron chi connectivity index (χ4n) is 12.1. The van der Waals surface area contributed by atoms with Gasteiger partial charge in [0.25, 0.3) is 0 Å². The van der Waals surface area contributed by atoms with Crippen molar-refractivity contribution in [1.82, 2.24) is 24.5 Å². The molecule has 6 atom stereocenters. The smallest absolute Gasteiger partial charge is 0.176 e. The van der Waals surface area contributed by atoms with Gasteiger partial charge in [-0.1, -0.05) is 118 Å². The number of rotatable bonds is 6. The lowest BCUT2D eigenvalue weighted by atomic mass is 9.56. The third kappa shape index (κ3) is 6.04. The number of carbonyl (C=O) groups is 2. The zero-order valence-electron chi connectivity index (χ0n) is 36.3. The van der Waals surface area contributed by atoms with Gasteiger partial charge < -0.3 is 0 Å². The number of fused-ring (bicyclic) bond motifs is 7. The van der Waals surface area contributed by atoms with E-state index in [-0.39, 0.29) is 46.7 Å². The molecule has 11 rings (SSSR count). The Hall–Kier alpha value is -7.56. The van der Waals surface area contributed by atoms with Crippen molar-refractivity contribution in [3.8, 4) is 46.0 Å². The first-order valence-electron chi connectivity index (χ1n) is 22.4. The summed E-state index contributed by atoms with van der Waals surface area (Å²) in [4.78, 5) is 32.4. The van der Waals surface area contributed by atoms with E-state index >= 15 is 4.39 Å². The lowest BCUT2D eigenvalue weighted by Crippen LogP contribution is -2.48. The van der Waals surface area contributed by atoms with Gasteiger partial charge in [0.05, 0.1) is 45.1 Å². The van der Waals surface area contributed by atoms with Crippen LogP contribution in [0.1, 0.15) is 61.7 Å². The molecule has 0 amide bonds. The fraction of sp³-hybridized carbons (Fsp3) is 0.255. The number of benzene rings is 4. The molecule has 65 heavy (non-hydrogen) atoms. The highest BCUT2D eigenvalue weighted by molar-refractivity contribution is 6.03. The maximum absolute atomic E-state index is 17.1. The highest BCUT2D eigenvalue weighted by Crippen LogP contribution is 2.54. The van der Waals surface area contributed by atoms with Crippen molar-refractivity contribution in [3.05, 3.63) is 173 Å². The number of aromatic nitrogens is 5. The van der Waals surface area contributed by atoms with E-state index in [2.05, 4.69) is 36.2 Å². The summed E-state index contributed by atoms with van der Waals surface area (Å²) < 4.78 is 20.8. The number of para-hydroxylation sites is 1. The molecule has 9 nitrogen and oxygen atoms in total. The van der Waals surface area contributed by atoms with Gasteiger partial charge in [-0.25, -0.2) is 13.8 Å². The predicted molar refractivity (Wildman–Crippen MR) is 245 cm³/mol. The Morgan fingerprint density at radius 2 is 1.25 bits per heavy atom. The number of hydrogen-bond donors (Lipinski definition) is 0. The molecular formula is C55H44FN7O2. The molecule has 0 bridgehead atoms. The van der Waals surface area contributed by atoms with E-state index in [4.69, 9.17) is 10.2 Å². The third-order valence-electron chi connectivity index (χ3n) is 15.1. The van der Waals surface area contributed by atoms with Crippen molar-refractivity contribution in [2.24, 2.45) is 23.7 Å². The Morgan fingerprint density at radius 1 is 0.692 bits per heavy atom. The third-order valence-corrected chi connectivity index (χ3v) is 15.1. The lowest BCUT2D eigenvalue weighted by Gasteiger charge is -2.46. The van der Waals surface area contributed by atoms with Crippen LogP contribution < -0.4 is 0 Å². The fourth-order valence-corrected chi connectivity index (χ4v) is 12.1. The van der Waals surface area contributed by atoms with Gasteiger partial charge in [0.1, 0.15) is 23.6 Å². The topological polar surface area (TPSA) is 130 Å². The molecule has 4 aliphatic carbocycles. The monoisotopic (exact) mass is 853 g/mol. The van der Waals surface area contributed by atoms with Crippen LogP contribution >= 0.6 is 0 Å². The van der Waals surface area contributed by atoms with Crippen LogP contribution in [0.25, 0.3) is 44.8 Å². The van der Waals surface area contributed by atoms with Crippen molar-refractivity contribution in [2.45, 2.75) is 63.7 Å². The summed E-state index contributed by atoms with van der Waals surface area (Å²) in [7, 11) is 0. The van der Waals surface area contributed by atoms with Gasteiger partial charge in [-0.15, -0.1) is 0 Å². The van der Waals surface area contributed by atoms with Crippen LogP contribution in [0.3, 0.4) is 0 Å². The minimum absolute atomic E-state index is 0.0942. The molecule has 0 fully saturated rings. The summed E-state index contributed by atoms with van der Waals surface area (Å²) in [5.74, 6) is -2.25. The molecule has 10 heteroatoms. The van der Waals surface area contributed by atoms with E-state index in [1.165, 1.54) is 6.07 Å². The molecular weight excluding hydrogens is 810 g/mol. The molecule has 3 heterocycles. The molecule has 0 spiro atoms. The highest BCUT2D eigenvalue weighted by atomic mass is 19.1. The molecule has 0 saturated heterocycles. The number of hydrogen-bond acceptors (Lipinski definition) is 7. The van der Waals surface area contributed by atoms with E-state index in [9.17, 15) is 20.1 Å². The summed E-state index contributed by atoms with van der Waals surface area (Å²) in [5, 5.41) is 32.1. The number of allylic oxidation sites excluding steroid dienone is 4. The summed E-state index contributed by atoms with van der Waals surface area (Å²) in [6, 6.07) is 39.4. The Labute approximate surface area is 376 Å². The SMILES string of the molecule is C[C@H]1C(=O)C(C#N)=C[C@@]2(C)c3c(c(-c4ccccc4)nn3-c3ccc(C[C@H]4C(=O)C(C#N)=C[C@@]5(C)c6c(c(-c7ccccc7)nn6-c6ccnc7ccccc67)CC[C@H]45)cc3F)CC[C@H]12. The van der Waals surface area contributed by atoms with Gasteiger partial charge in [-0.2, -0.15) is 20.7 Å². The minimum atomic E-state index is -0.789. The Morgan fingerprint density at radius 3 is 1.86 bits per heavy atom. The van der Waals surface area contributed by atoms with E-state index < -0.39 is 28.5 Å². The van der Waals surface area contributed by atoms with Crippen LogP contribution in [0.2, 0.25) is 0 Å². The number of halogens is 1. The molecule has 0 N–H and O–H groups in total. The van der Waals surface area contributed by atoms with Crippen molar-refractivity contribution in [2.75, 3.05) is 0 Å². The van der Waals surface area contributed by atoms with Gasteiger partial charge in [-0.05, 0) is 73.8 Å². The quantitative estimate of drug-likeness (QED) is 0.163. The van der Waals surface area contributed by atoms with Crippen molar-refractivity contribution in [1.29, 1.82) is 10.5 Å². The summed E-state index contributed by atoms with van der Waals surface area (Å²) in [6.45, 7) is 6.06. The first-order chi connectivity index (χ1) is 31.5. The van der Waals surface area contributed by atoms with E-state index in [1.54, 1.807) is 23.0 Å². The molecule has 4 aliphatic rings. The zero-order valence-corrected chi connectivity index (χ0v) is 36.3. The van der Waals surface area contributed by atoms with Crippen molar-refractivity contribution >= 4 is 22.5 Å². The van der Waals surface area contributed by atoms with Crippen molar-refractivity contribution in [3.63, 3.8) is 0 Å². The van der Waals surface area contributed by atoms with Crippen molar-refractivity contribution < 1.29 is 14.0 Å². The van der Waals surface area contributed by atoms with E-state index in [0.717, 1.165) is 68.0 Å². The van der Waals surface area contributed by atoms with Crippen LogP contribution in [-0.4, -0.2) is 36.1 Å². The molecule has 7 aromatic rings. The predicted octanol–water partition coefficient (Wildman–Crippen LogP) is 10.3. The van der Waals surface area contributed by atoms with E-state index in [1.807, 2.05) is 110 Å². The largest absolute Gasteiger partial charge is 0.293 e. The Kier molecular flexibility index (Phi) is 9.30. The molecule has 318 valence electrons. The minimum Gasteiger partial charge on any atom is -0.293 e. The molecule has 3 aromatic heterocycles. The van der Waals surface area contributed by atoms with Gasteiger partial charge in [0.15, 0.2) is 11.6 Å². The number of nitrogens with zero attached hydrogens (tertiary/aromatic N) is 7. The number of nitriles is 2. The van der Waals surface area contributed by atoms with Crippen LogP contribution in [0.4, 0.5) is 4.39 Å². The summed E-state index contributed by atoms with van der Waals surface area (Å²) in [6.07, 6.45) is 8.36. The second-order valence-electron chi connectivity index (χ2n) is 18.6. The van der Waals surface area contributed by atoms with Gasteiger partial charge in [-0.3, -0.25) is 14.6 Å². The average Bonchev–Trinajstić information content (AvgIpc) is 3.93. The van der Waals surface area contributed by atoms with Crippen LogP contribution in [0.5, 0.6) is 0 Å². The van der Waals surface area contributed by atoms with Crippen LogP contribution in [0, 0.1) is 52.2 Å². The van der Waals surface area contributed by atoms with Crippen LogP contribution in [-0.2, 0) is 39.7 Å². The standard InChI is InChI=1S/C55H44FN7O2/c1-32-42-21-19-39-49(35-14-8-5-9-15-35)61-63(52(39)54(42,2)28-36(30-57)50(32)64)47-23-18-33(27-44(47)56)26-41-43-22-20-40-48(34-12-6-4-7-13-34)60-62(46-24-25-59-45-17-11-10-16-38(45)46)53(40)55(43,3)29-37(31-58)51(41)65/h4-18,23-25,27-29,32,41-43H,19-22,26H2,1-3H3/t32-,41-,42-,43-,54-,55-/m1/s1. The first-order valence-corrected chi connectivity index (χ1v) is 22.4. The Bertz CT molecular complexity index is 3290. The van der Waals surface area contributed by atoms with E-state index in [0.29, 0.717) is 24.8 Å². The zero-order chi connectivity index (χ0) is 44.8. The summed E-state index contributed by atoms with van der Waals surface area (Å²) >= 11 is 0. The molecule has 0 radical (unpaired) electrons. The van der Waals surface area contributed by atoms with Gasteiger partial charge in [0, 0.05) is 56.5 Å². The number of carbonyl (C=O) groups excluding carboxylic acids is 2. The average molecular weight is 854 g/mol. The second-order valence-corrected chi connectivity index (χ2v) is 18.6. The number of Topliss-reactive ketones (excluding diaryl/α,β-unsaturated/α-hetero) is 2. The molecule has 0 saturated carbocycles. The lowest BCUT2D eigenvalue weighted by molar-refractivity contribution is -0.122. The van der Waals surface area contributed by atoms with Crippen LogP contribution in [0.15, 0.2) is 139 Å². The Balaban J connectivity index is 1.02. The molecule has 0 aliphatic heterocycles. The highest BCUT2D eigenvalue weighted by Gasteiger charge is 2.53. The van der Waals surface area contributed by atoms with Gasteiger partial charge in [0.2, 0.25) is 0 Å². The second kappa shape index (κ2) is 15.0. The normalized spacial score (nSPS) is 24.5. The molecule has 0 unspecified atom stereocenters. The maximum Gasteiger partial charge on any atom is 0.176 e. The summed E-state index contributed by atoms with van der Waals surface area (Å²) in [5.41, 5.74) is 8.48. The number of ketones is 2. The molecule has 4 aromatic carbocycles.